The Morgan fingerprint density at radius 2 is 1.78 bits per heavy atom. The van der Waals surface area contributed by atoms with Crippen molar-refractivity contribution in [3.05, 3.63) is 29.8 Å². The van der Waals surface area contributed by atoms with E-state index in [0.717, 1.165) is 12.8 Å². The molecule has 0 aromatic heterocycles. The van der Waals surface area contributed by atoms with E-state index in [4.69, 9.17) is 4.74 Å². The summed E-state index contributed by atoms with van der Waals surface area (Å²) in [6.07, 6.45) is 1.55. The van der Waals surface area contributed by atoms with Crippen molar-refractivity contribution >= 4 is 6.09 Å². The summed E-state index contributed by atoms with van der Waals surface area (Å²) in [5.74, 6) is 0.293. The number of carbonyl (C=O) groups excluding carboxylic acids is 1. The van der Waals surface area contributed by atoms with E-state index in [1.165, 1.54) is 5.56 Å². The van der Waals surface area contributed by atoms with Crippen LogP contribution in [0.3, 0.4) is 0 Å². The third-order valence-electron chi connectivity index (χ3n) is 3.32. The molecule has 3 N–H and O–H groups in total. The number of alkyl carbamates (subject to hydrolysis) is 1. The quantitative estimate of drug-likeness (QED) is 0.721. The van der Waals surface area contributed by atoms with E-state index in [1.807, 2.05) is 39.8 Å². The van der Waals surface area contributed by atoms with E-state index in [-0.39, 0.29) is 12.1 Å². The minimum atomic E-state index is -0.474. The molecule has 23 heavy (non-hydrogen) atoms. The molecule has 2 atom stereocenters. The Labute approximate surface area is 139 Å². The summed E-state index contributed by atoms with van der Waals surface area (Å²) < 4.78 is 5.21. The van der Waals surface area contributed by atoms with Gasteiger partial charge in [0.15, 0.2) is 0 Å². The molecule has 0 aliphatic rings. The molecule has 1 aromatic rings. The number of hydrogen-bond donors (Lipinski definition) is 3. The topological polar surface area (TPSA) is 70.6 Å². The smallest absolute Gasteiger partial charge is 0.407 e. The first-order valence-corrected chi connectivity index (χ1v) is 8.16. The van der Waals surface area contributed by atoms with Crippen molar-refractivity contribution in [1.82, 2.24) is 10.6 Å². The molecule has 0 spiro atoms. The standard InChI is InChI=1S/C18H30N2O3/c1-13(6-7-15-8-10-16(21)11-9-15)20-14(2)12-19-17(22)23-18(3,4)5/h8-11,13-14,20-21H,6-7,12H2,1-5H3,(H,19,22). The van der Waals surface area contributed by atoms with Crippen LogP contribution in [0.4, 0.5) is 4.79 Å². The van der Waals surface area contributed by atoms with E-state index < -0.39 is 5.60 Å². The van der Waals surface area contributed by atoms with Crippen molar-refractivity contribution in [3.63, 3.8) is 0 Å². The zero-order valence-electron chi connectivity index (χ0n) is 14.8. The fraction of sp³-hybridized carbons (Fsp3) is 0.611. The second kappa shape index (κ2) is 8.77. The van der Waals surface area contributed by atoms with Crippen molar-refractivity contribution in [3.8, 4) is 5.75 Å². The minimum absolute atomic E-state index is 0.164. The molecular weight excluding hydrogens is 292 g/mol. The Morgan fingerprint density at radius 3 is 2.35 bits per heavy atom. The molecule has 1 amide bonds. The minimum Gasteiger partial charge on any atom is -0.508 e. The molecule has 0 fully saturated rings. The van der Waals surface area contributed by atoms with Gasteiger partial charge in [-0.25, -0.2) is 4.79 Å². The van der Waals surface area contributed by atoms with Gasteiger partial charge in [-0.3, -0.25) is 0 Å². The summed E-state index contributed by atoms with van der Waals surface area (Å²) in [5.41, 5.74) is 0.731. The summed E-state index contributed by atoms with van der Waals surface area (Å²) in [5, 5.41) is 15.5. The molecule has 5 heteroatoms. The van der Waals surface area contributed by atoms with Crippen LogP contribution in [0.1, 0.15) is 46.6 Å². The molecular formula is C18H30N2O3. The largest absolute Gasteiger partial charge is 0.508 e. The molecule has 0 heterocycles. The third kappa shape index (κ3) is 9.08. The number of rotatable bonds is 7. The first kappa shape index (κ1) is 19.3. The van der Waals surface area contributed by atoms with E-state index >= 15 is 0 Å². The number of aryl methyl sites for hydroxylation is 1. The lowest BCUT2D eigenvalue weighted by Crippen LogP contribution is -2.44. The average molecular weight is 322 g/mol. The normalized spacial score (nSPS) is 14.1. The molecule has 0 aliphatic heterocycles. The summed E-state index contributed by atoms with van der Waals surface area (Å²) in [4.78, 5) is 11.6. The van der Waals surface area contributed by atoms with Crippen molar-refractivity contribution in [2.24, 2.45) is 0 Å². The fourth-order valence-corrected chi connectivity index (χ4v) is 2.22. The SMILES string of the molecule is CC(CCc1ccc(O)cc1)NC(C)CNC(=O)OC(C)(C)C. The number of phenols is 1. The fourth-order valence-electron chi connectivity index (χ4n) is 2.22. The monoisotopic (exact) mass is 322 g/mol. The molecule has 1 aromatic carbocycles. The summed E-state index contributed by atoms with van der Waals surface area (Å²) in [7, 11) is 0. The second-order valence-corrected chi connectivity index (χ2v) is 7.06. The van der Waals surface area contributed by atoms with Crippen LogP contribution >= 0.6 is 0 Å². The van der Waals surface area contributed by atoms with Gasteiger partial charge in [-0.2, -0.15) is 0 Å². The highest BCUT2D eigenvalue weighted by atomic mass is 16.6. The van der Waals surface area contributed by atoms with Gasteiger partial charge in [0, 0.05) is 18.6 Å². The van der Waals surface area contributed by atoms with Gasteiger partial charge in [-0.05, 0) is 65.2 Å². The molecule has 0 bridgehead atoms. The Kier molecular flexibility index (Phi) is 7.36. The number of phenolic OH excluding ortho intramolecular Hbond substituents is 1. The van der Waals surface area contributed by atoms with Crippen LogP contribution < -0.4 is 10.6 Å². The summed E-state index contributed by atoms with van der Waals surface area (Å²) in [6.45, 7) is 10.2. The lowest BCUT2D eigenvalue weighted by atomic mass is 10.1. The Bertz CT molecular complexity index is 480. The van der Waals surface area contributed by atoms with Crippen molar-refractivity contribution in [2.75, 3.05) is 6.54 Å². The predicted molar refractivity (Wildman–Crippen MR) is 92.7 cm³/mol. The second-order valence-electron chi connectivity index (χ2n) is 7.06. The first-order valence-electron chi connectivity index (χ1n) is 8.16. The van der Waals surface area contributed by atoms with Crippen LogP contribution in [-0.2, 0) is 11.2 Å². The van der Waals surface area contributed by atoms with Crippen molar-refractivity contribution in [1.29, 1.82) is 0 Å². The number of amides is 1. The Morgan fingerprint density at radius 1 is 1.17 bits per heavy atom. The van der Waals surface area contributed by atoms with E-state index in [2.05, 4.69) is 17.6 Å². The number of hydrogen-bond acceptors (Lipinski definition) is 4. The maximum Gasteiger partial charge on any atom is 0.407 e. The number of nitrogens with one attached hydrogen (secondary N) is 2. The van der Waals surface area contributed by atoms with E-state index in [9.17, 15) is 9.90 Å². The zero-order valence-corrected chi connectivity index (χ0v) is 14.8. The molecule has 0 aliphatic carbocycles. The average Bonchev–Trinajstić information content (AvgIpc) is 2.43. The van der Waals surface area contributed by atoms with Crippen molar-refractivity contribution in [2.45, 2.75) is 65.1 Å². The van der Waals surface area contributed by atoms with Gasteiger partial charge < -0.3 is 20.5 Å². The Balaban J connectivity index is 2.24. The summed E-state index contributed by atoms with van der Waals surface area (Å²) in [6, 6.07) is 7.80. The predicted octanol–water partition coefficient (Wildman–Crippen LogP) is 3.22. The molecule has 5 nitrogen and oxygen atoms in total. The van der Waals surface area contributed by atoms with Gasteiger partial charge in [0.05, 0.1) is 0 Å². The number of aromatic hydroxyl groups is 1. The lowest BCUT2D eigenvalue weighted by Gasteiger charge is -2.23. The lowest BCUT2D eigenvalue weighted by molar-refractivity contribution is 0.0522. The highest BCUT2D eigenvalue weighted by molar-refractivity contribution is 5.67. The number of benzene rings is 1. The highest BCUT2D eigenvalue weighted by Gasteiger charge is 2.16. The van der Waals surface area contributed by atoms with Gasteiger partial charge >= 0.3 is 6.09 Å². The van der Waals surface area contributed by atoms with E-state index in [1.54, 1.807) is 12.1 Å². The highest BCUT2D eigenvalue weighted by Crippen LogP contribution is 2.12. The molecule has 2 unspecified atom stereocenters. The first-order chi connectivity index (χ1) is 10.7. The van der Waals surface area contributed by atoms with Gasteiger partial charge in [-0.1, -0.05) is 12.1 Å². The molecule has 0 saturated carbocycles. The molecule has 1 rings (SSSR count). The van der Waals surface area contributed by atoms with Crippen LogP contribution in [0.15, 0.2) is 24.3 Å². The van der Waals surface area contributed by atoms with Crippen LogP contribution in [0, 0.1) is 0 Å². The van der Waals surface area contributed by atoms with Gasteiger partial charge in [-0.15, -0.1) is 0 Å². The van der Waals surface area contributed by atoms with Gasteiger partial charge in [0.25, 0.3) is 0 Å². The maximum absolute atomic E-state index is 11.6. The molecule has 130 valence electrons. The van der Waals surface area contributed by atoms with Gasteiger partial charge in [0.2, 0.25) is 0 Å². The third-order valence-corrected chi connectivity index (χ3v) is 3.32. The van der Waals surface area contributed by atoms with Crippen molar-refractivity contribution < 1.29 is 14.6 Å². The maximum atomic E-state index is 11.6. The molecule has 0 radical (unpaired) electrons. The van der Waals surface area contributed by atoms with Crippen LogP contribution in [-0.4, -0.2) is 35.4 Å². The van der Waals surface area contributed by atoms with Gasteiger partial charge in [0.1, 0.15) is 11.4 Å². The van der Waals surface area contributed by atoms with Crippen LogP contribution in [0.25, 0.3) is 0 Å². The zero-order chi connectivity index (χ0) is 17.5. The summed E-state index contributed by atoms with van der Waals surface area (Å²) >= 11 is 0. The van der Waals surface area contributed by atoms with E-state index in [0.29, 0.717) is 18.3 Å². The Hall–Kier alpha value is -1.75. The number of ether oxygens (including phenoxy) is 1. The van der Waals surface area contributed by atoms with Crippen LogP contribution in [0.2, 0.25) is 0 Å². The van der Waals surface area contributed by atoms with Crippen LogP contribution in [0.5, 0.6) is 5.75 Å². The number of carbonyl (C=O) groups is 1. The molecule has 0 saturated heterocycles.